The summed E-state index contributed by atoms with van der Waals surface area (Å²) in [6, 6.07) is 13.2. The van der Waals surface area contributed by atoms with Crippen LogP contribution in [0, 0.1) is 6.92 Å². The van der Waals surface area contributed by atoms with Crippen LogP contribution in [0.4, 0.5) is 0 Å². The third kappa shape index (κ3) is 6.05. The van der Waals surface area contributed by atoms with Crippen LogP contribution >= 0.6 is 0 Å². The summed E-state index contributed by atoms with van der Waals surface area (Å²) >= 11 is 0. The fourth-order valence-electron chi connectivity index (χ4n) is 3.15. The van der Waals surface area contributed by atoms with E-state index in [1.807, 2.05) is 51.1 Å². The van der Waals surface area contributed by atoms with Crippen LogP contribution in [0.5, 0.6) is 5.75 Å². The van der Waals surface area contributed by atoms with Gasteiger partial charge in [0.05, 0.1) is 11.5 Å². The molecule has 0 aliphatic carbocycles. The molecule has 1 amide bonds. The molecule has 29 heavy (non-hydrogen) atoms. The van der Waals surface area contributed by atoms with E-state index in [9.17, 15) is 13.2 Å². The van der Waals surface area contributed by atoms with Gasteiger partial charge in [-0.2, -0.15) is 4.72 Å². The lowest BCUT2D eigenvalue weighted by atomic mass is 10.1. The van der Waals surface area contributed by atoms with E-state index in [1.54, 1.807) is 24.0 Å². The van der Waals surface area contributed by atoms with E-state index in [2.05, 4.69) is 4.72 Å². The smallest absolute Gasteiger partial charge is 0.241 e. The van der Waals surface area contributed by atoms with Gasteiger partial charge in [0.15, 0.2) is 0 Å². The summed E-state index contributed by atoms with van der Waals surface area (Å²) < 4.78 is 34.2. The zero-order chi connectivity index (χ0) is 21.4. The zero-order valence-electron chi connectivity index (χ0n) is 17.5. The molecule has 0 aliphatic rings. The molecule has 7 heteroatoms. The maximum absolute atomic E-state index is 13.0. The number of nitrogens with one attached hydrogen (secondary N) is 1. The molecule has 2 aromatic carbocycles. The number of hydrogen-bond donors (Lipinski definition) is 1. The summed E-state index contributed by atoms with van der Waals surface area (Å²) in [5, 5.41) is 0. The highest BCUT2D eigenvalue weighted by molar-refractivity contribution is 7.89. The lowest BCUT2D eigenvalue weighted by molar-refractivity contribution is -0.132. The zero-order valence-corrected chi connectivity index (χ0v) is 18.3. The maximum atomic E-state index is 13.0. The van der Waals surface area contributed by atoms with Crippen LogP contribution in [-0.2, 0) is 21.2 Å². The van der Waals surface area contributed by atoms with Gasteiger partial charge in [0.1, 0.15) is 11.8 Å². The summed E-state index contributed by atoms with van der Waals surface area (Å²) in [6.07, 6.45) is 0.283. The first kappa shape index (κ1) is 22.9. The minimum absolute atomic E-state index is 0.115. The van der Waals surface area contributed by atoms with Crippen molar-refractivity contribution in [3.63, 3.8) is 0 Å². The minimum Gasteiger partial charge on any atom is -0.494 e. The van der Waals surface area contributed by atoms with E-state index < -0.39 is 16.1 Å². The second-order valence-electron chi connectivity index (χ2n) is 6.73. The second kappa shape index (κ2) is 10.4. The van der Waals surface area contributed by atoms with Crippen LogP contribution in [0.2, 0.25) is 0 Å². The minimum atomic E-state index is -3.88. The molecule has 2 aromatic rings. The van der Waals surface area contributed by atoms with E-state index in [0.717, 1.165) is 11.1 Å². The van der Waals surface area contributed by atoms with Crippen molar-refractivity contribution in [3.05, 3.63) is 59.7 Å². The largest absolute Gasteiger partial charge is 0.494 e. The van der Waals surface area contributed by atoms with Crippen molar-refractivity contribution in [3.8, 4) is 5.75 Å². The molecule has 2 rings (SSSR count). The monoisotopic (exact) mass is 418 g/mol. The highest BCUT2D eigenvalue weighted by Crippen LogP contribution is 2.22. The number of sulfonamides is 1. The van der Waals surface area contributed by atoms with Crippen molar-refractivity contribution in [2.24, 2.45) is 0 Å². The Morgan fingerprint density at radius 2 is 1.72 bits per heavy atom. The van der Waals surface area contributed by atoms with Crippen molar-refractivity contribution in [1.82, 2.24) is 9.62 Å². The number of carbonyl (C=O) groups is 1. The molecule has 0 spiro atoms. The van der Waals surface area contributed by atoms with Gasteiger partial charge in [0, 0.05) is 13.1 Å². The summed E-state index contributed by atoms with van der Waals surface area (Å²) in [5.41, 5.74) is 1.62. The van der Waals surface area contributed by atoms with Crippen LogP contribution in [0.1, 0.15) is 31.9 Å². The Morgan fingerprint density at radius 3 is 2.28 bits per heavy atom. The molecule has 0 fully saturated rings. The number of hydrogen-bond acceptors (Lipinski definition) is 4. The van der Waals surface area contributed by atoms with Gasteiger partial charge in [0.25, 0.3) is 0 Å². The topological polar surface area (TPSA) is 75.7 Å². The maximum Gasteiger partial charge on any atom is 0.241 e. The highest BCUT2D eigenvalue weighted by Gasteiger charge is 2.29. The first-order valence-corrected chi connectivity index (χ1v) is 11.4. The van der Waals surface area contributed by atoms with Crippen molar-refractivity contribution in [1.29, 1.82) is 0 Å². The predicted molar refractivity (Wildman–Crippen MR) is 115 cm³/mol. The number of nitrogens with zero attached hydrogens (tertiary/aromatic N) is 1. The average Bonchev–Trinajstić information content (AvgIpc) is 2.70. The fourth-order valence-corrected chi connectivity index (χ4v) is 4.42. The molecule has 0 radical (unpaired) electrons. The van der Waals surface area contributed by atoms with Gasteiger partial charge in [-0.3, -0.25) is 4.79 Å². The van der Waals surface area contributed by atoms with E-state index in [1.165, 1.54) is 6.07 Å². The first-order valence-electron chi connectivity index (χ1n) is 9.90. The molecule has 0 unspecified atom stereocenters. The van der Waals surface area contributed by atoms with Crippen molar-refractivity contribution in [2.75, 3.05) is 19.7 Å². The summed E-state index contributed by atoms with van der Waals surface area (Å²) in [6.45, 7) is 8.97. The van der Waals surface area contributed by atoms with Crippen LogP contribution < -0.4 is 9.46 Å². The molecule has 6 nitrogen and oxygen atoms in total. The number of rotatable bonds is 10. The Morgan fingerprint density at radius 1 is 1.07 bits per heavy atom. The number of carbonyl (C=O) groups excluding carboxylic acids is 1. The lowest BCUT2D eigenvalue weighted by Gasteiger charge is -2.26. The Kier molecular flexibility index (Phi) is 8.22. The van der Waals surface area contributed by atoms with Crippen molar-refractivity contribution >= 4 is 15.9 Å². The second-order valence-corrected chi connectivity index (χ2v) is 8.45. The number of amides is 1. The molecular formula is C22H30N2O4S. The van der Waals surface area contributed by atoms with E-state index in [-0.39, 0.29) is 17.2 Å². The average molecular weight is 419 g/mol. The third-order valence-corrected chi connectivity index (χ3v) is 6.18. The van der Waals surface area contributed by atoms with Gasteiger partial charge in [-0.05, 0) is 63.4 Å². The molecule has 1 N–H and O–H groups in total. The van der Waals surface area contributed by atoms with Gasteiger partial charge < -0.3 is 9.64 Å². The van der Waals surface area contributed by atoms with Crippen molar-refractivity contribution in [2.45, 2.75) is 45.1 Å². The predicted octanol–water partition coefficient (Wildman–Crippen LogP) is 3.15. The lowest BCUT2D eigenvalue weighted by Crippen LogP contribution is -2.49. The molecule has 0 aliphatic heterocycles. The van der Waals surface area contributed by atoms with Crippen LogP contribution in [0.3, 0.4) is 0 Å². The fraction of sp³-hybridized carbons (Fsp3) is 0.409. The van der Waals surface area contributed by atoms with Gasteiger partial charge in [-0.15, -0.1) is 0 Å². The number of aryl methyl sites for hydroxylation is 1. The SMILES string of the molecule is CCOc1ccc(S(=O)(=O)N[C@@H](Cc2ccccc2)C(=O)N(CC)CC)cc1C. The summed E-state index contributed by atoms with van der Waals surface area (Å²) in [7, 11) is -3.88. The molecule has 1 atom stereocenters. The molecule has 0 saturated carbocycles. The quantitative estimate of drug-likeness (QED) is 0.643. The molecular weight excluding hydrogens is 388 g/mol. The third-order valence-electron chi connectivity index (χ3n) is 4.71. The Hall–Kier alpha value is -2.38. The Labute approximate surface area is 173 Å². The molecule has 0 bridgehead atoms. The molecule has 0 aromatic heterocycles. The Balaban J connectivity index is 2.33. The molecule has 0 saturated heterocycles. The number of likely N-dealkylation sites (N-methyl/N-ethyl adjacent to an activating group) is 1. The van der Waals surface area contributed by atoms with Crippen LogP contribution in [0.15, 0.2) is 53.4 Å². The number of ether oxygens (including phenoxy) is 1. The molecule has 0 heterocycles. The van der Waals surface area contributed by atoms with Gasteiger partial charge in [0.2, 0.25) is 15.9 Å². The first-order chi connectivity index (χ1) is 13.8. The number of benzene rings is 2. The highest BCUT2D eigenvalue weighted by atomic mass is 32.2. The standard InChI is InChI=1S/C22H30N2O4S/c1-5-24(6-2)22(25)20(16-18-11-9-8-10-12-18)23-29(26,27)19-13-14-21(28-7-3)17(4)15-19/h8-15,20,23H,5-7,16H2,1-4H3/t20-/m0/s1. The van der Waals surface area contributed by atoms with E-state index in [4.69, 9.17) is 4.74 Å². The van der Waals surface area contributed by atoms with Gasteiger partial charge in [-0.25, -0.2) is 8.42 Å². The summed E-state index contributed by atoms with van der Waals surface area (Å²) in [5.74, 6) is 0.414. The van der Waals surface area contributed by atoms with Crippen LogP contribution in [-0.4, -0.2) is 45.0 Å². The van der Waals surface area contributed by atoms with Crippen molar-refractivity contribution < 1.29 is 17.9 Å². The molecule has 158 valence electrons. The van der Waals surface area contributed by atoms with E-state index in [0.29, 0.717) is 25.4 Å². The van der Waals surface area contributed by atoms with Gasteiger partial charge in [-0.1, -0.05) is 30.3 Å². The van der Waals surface area contributed by atoms with Gasteiger partial charge >= 0.3 is 0 Å². The normalized spacial score (nSPS) is 12.4. The Bertz CT molecular complexity index is 910. The summed E-state index contributed by atoms with van der Waals surface area (Å²) in [4.78, 5) is 14.8. The van der Waals surface area contributed by atoms with E-state index >= 15 is 0 Å². The van der Waals surface area contributed by atoms with Crippen LogP contribution in [0.25, 0.3) is 0 Å².